The van der Waals surface area contributed by atoms with E-state index in [0.717, 1.165) is 18.2 Å². The second kappa shape index (κ2) is 5.89. The van der Waals surface area contributed by atoms with Crippen molar-refractivity contribution in [3.8, 4) is 0 Å². The summed E-state index contributed by atoms with van der Waals surface area (Å²) in [6.45, 7) is 1.08. The second-order valence-corrected chi connectivity index (χ2v) is 5.24. The highest BCUT2D eigenvalue weighted by Gasteiger charge is 2.15. The van der Waals surface area contributed by atoms with Crippen LogP contribution in [0.5, 0.6) is 0 Å². The van der Waals surface area contributed by atoms with Crippen LogP contribution in [-0.4, -0.2) is 24.7 Å². The van der Waals surface area contributed by atoms with Gasteiger partial charge in [-0.15, -0.1) is 0 Å². The third-order valence-corrected chi connectivity index (χ3v) is 3.81. The highest BCUT2D eigenvalue weighted by molar-refractivity contribution is 5.88. The van der Waals surface area contributed by atoms with E-state index in [9.17, 15) is 4.79 Å². The molecule has 1 fully saturated rings. The predicted octanol–water partition coefficient (Wildman–Crippen LogP) is 3.40. The van der Waals surface area contributed by atoms with E-state index in [-0.39, 0.29) is 0 Å². The Labute approximate surface area is 108 Å². The number of carboxylic acid groups (broad SMARTS) is 1. The maximum atomic E-state index is 10.8. The third kappa shape index (κ3) is 3.25. The molecule has 0 heterocycles. The van der Waals surface area contributed by atoms with Gasteiger partial charge in [-0.05, 0) is 43.0 Å². The number of hydrogen-bond acceptors (Lipinski definition) is 2. The van der Waals surface area contributed by atoms with Gasteiger partial charge in [-0.2, -0.15) is 0 Å². The van der Waals surface area contributed by atoms with E-state index in [4.69, 9.17) is 5.11 Å². The second-order valence-electron chi connectivity index (χ2n) is 5.24. The summed E-state index contributed by atoms with van der Waals surface area (Å²) in [5, 5.41) is 8.86. The number of rotatable bonds is 4. The Kier molecular flexibility index (Phi) is 4.24. The van der Waals surface area contributed by atoms with Crippen LogP contribution in [0.2, 0.25) is 0 Å². The van der Waals surface area contributed by atoms with Gasteiger partial charge in [0.05, 0.1) is 5.56 Å². The third-order valence-electron chi connectivity index (χ3n) is 3.81. The minimum Gasteiger partial charge on any atom is -0.478 e. The lowest BCUT2D eigenvalue weighted by molar-refractivity contribution is 0.0697. The molecule has 1 aromatic carbocycles. The number of carbonyl (C=O) groups is 1. The van der Waals surface area contributed by atoms with E-state index < -0.39 is 5.97 Å². The molecule has 1 N–H and O–H groups in total. The highest BCUT2D eigenvalue weighted by Crippen LogP contribution is 2.25. The lowest BCUT2D eigenvalue weighted by Gasteiger charge is -2.28. The van der Waals surface area contributed by atoms with Crippen molar-refractivity contribution >= 4 is 11.7 Å². The number of aromatic carboxylic acids is 1. The van der Waals surface area contributed by atoms with Crippen LogP contribution in [0.3, 0.4) is 0 Å². The molecular weight excluding hydrogens is 226 g/mol. The minimum absolute atomic E-state index is 0.352. The topological polar surface area (TPSA) is 40.5 Å². The zero-order chi connectivity index (χ0) is 13.0. The number of anilines is 1. The van der Waals surface area contributed by atoms with Crippen LogP contribution in [0.25, 0.3) is 0 Å². The predicted molar refractivity (Wildman–Crippen MR) is 73.2 cm³/mol. The molecule has 0 radical (unpaired) electrons. The summed E-state index contributed by atoms with van der Waals surface area (Å²) in [7, 11) is 2.09. The molecular formula is C15H21NO2. The number of nitrogens with zero attached hydrogens (tertiary/aromatic N) is 1. The van der Waals surface area contributed by atoms with E-state index in [1.165, 1.54) is 32.1 Å². The highest BCUT2D eigenvalue weighted by atomic mass is 16.4. The molecule has 1 aliphatic carbocycles. The van der Waals surface area contributed by atoms with Gasteiger partial charge in [0.15, 0.2) is 0 Å². The Balaban J connectivity index is 1.95. The molecule has 1 aliphatic rings. The molecule has 98 valence electrons. The van der Waals surface area contributed by atoms with E-state index >= 15 is 0 Å². The van der Waals surface area contributed by atoms with Crippen LogP contribution in [0.15, 0.2) is 24.3 Å². The summed E-state index contributed by atoms with van der Waals surface area (Å²) in [5.41, 5.74) is 1.45. The summed E-state index contributed by atoms with van der Waals surface area (Å²) < 4.78 is 0. The first-order valence-corrected chi connectivity index (χ1v) is 6.71. The molecule has 18 heavy (non-hydrogen) atoms. The van der Waals surface area contributed by atoms with E-state index in [2.05, 4.69) is 11.9 Å². The minimum atomic E-state index is -0.864. The molecule has 2 rings (SSSR count). The average Bonchev–Trinajstić information content (AvgIpc) is 2.40. The standard InChI is InChI=1S/C15H21NO2/c1-16(11-12-5-3-2-4-6-12)14-9-7-13(8-10-14)15(17)18/h7-10,12H,2-6,11H2,1H3,(H,17,18). The SMILES string of the molecule is CN(CC1CCCCC1)c1ccc(C(=O)O)cc1. The van der Waals surface area contributed by atoms with Gasteiger partial charge in [-0.1, -0.05) is 19.3 Å². The largest absolute Gasteiger partial charge is 0.478 e. The molecule has 0 atom stereocenters. The van der Waals surface area contributed by atoms with Crippen LogP contribution in [0, 0.1) is 5.92 Å². The number of benzene rings is 1. The molecule has 0 aromatic heterocycles. The van der Waals surface area contributed by atoms with Crippen molar-refractivity contribution in [2.75, 3.05) is 18.5 Å². The van der Waals surface area contributed by atoms with Gasteiger partial charge in [0, 0.05) is 19.3 Å². The summed E-state index contributed by atoms with van der Waals surface area (Å²) in [5.74, 6) is -0.0700. The maximum Gasteiger partial charge on any atom is 0.335 e. The van der Waals surface area contributed by atoms with Crippen molar-refractivity contribution in [1.82, 2.24) is 0 Å². The zero-order valence-electron chi connectivity index (χ0n) is 10.9. The number of hydrogen-bond donors (Lipinski definition) is 1. The van der Waals surface area contributed by atoms with Gasteiger partial charge >= 0.3 is 5.97 Å². The molecule has 1 aromatic rings. The first kappa shape index (κ1) is 12.9. The first-order chi connectivity index (χ1) is 8.66. The van der Waals surface area contributed by atoms with Crippen molar-refractivity contribution in [3.05, 3.63) is 29.8 Å². The monoisotopic (exact) mass is 247 g/mol. The first-order valence-electron chi connectivity index (χ1n) is 6.71. The molecule has 1 saturated carbocycles. The van der Waals surface area contributed by atoms with Crippen molar-refractivity contribution in [1.29, 1.82) is 0 Å². The van der Waals surface area contributed by atoms with Crippen LogP contribution in [0.1, 0.15) is 42.5 Å². The van der Waals surface area contributed by atoms with Gasteiger partial charge in [-0.25, -0.2) is 4.79 Å². The lowest BCUT2D eigenvalue weighted by atomic mass is 9.89. The Morgan fingerprint density at radius 2 is 1.83 bits per heavy atom. The van der Waals surface area contributed by atoms with E-state index in [1.807, 2.05) is 12.1 Å². The molecule has 3 nitrogen and oxygen atoms in total. The molecule has 0 saturated heterocycles. The summed E-state index contributed by atoms with van der Waals surface area (Å²) >= 11 is 0. The molecule has 3 heteroatoms. The quantitative estimate of drug-likeness (QED) is 0.886. The average molecular weight is 247 g/mol. The van der Waals surface area contributed by atoms with Crippen molar-refractivity contribution in [2.24, 2.45) is 5.92 Å². The van der Waals surface area contributed by atoms with E-state index in [0.29, 0.717) is 5.56 Å². The normalized spacial score (nSPS) is 16.5. The van der Waals surface area contributed by atoms with Gasteiger partial charge in [0.2, 0.25) is 0 Å². The molecule has 0 amide bonds. The fraction of sp³-hybridized carbons (Fsp3) is 0.533. The van der Waals surface area contributed by atoms with Crippen LogP contribution in [0.4, 0.5) is 5.69 Å². The fourth-order valence-corrected chi connectivity index (χ4v) is 2.72. The van der Waals surface area contributed by atoms with Crippen LogP contribution < -0.4 is 4.90 Å². The van der Waals surface area contributed by atoms with Gasteiger partial charge in [-0.3, -0.25) is 0 Å². The molecule has 0 spiro atoms. The van der Waals surface area contributed by atoms with Gasteiger partial charge in [0.25, 0.3) is 0 Å². The summed E-state index contributed by atoms with van der Waals surface area (Å²) in [4.78, 5) is 13.0. The maximum absolute atomic E-state index is 10.8. The van der Waals surface area contributed by atoms with Crippen molar-refractivity contribution < 1.29 is 9.90 Å². The Morgan fingerprint density at radius 3 is 2.39 bits per heavy atom. The molecule has 0 unspecified atom stereocenters. The summed E-state index contributed by atoms with van der Waals surface area (Å²) in [6.07, 6.45) is 6.76. The number of carboxylic acids is 1. The van der Waals surface area contributed by atoms with Crippen LogP contribution in [-0.2, 0) is 0 Å². The van der Waals surface area contributed by atoms with Gasteiger partial charge in [0.1, 0.15) is 0 Å². The van der Waals surface area contributed by atoms with E-state index in [1.54, 1.807) is 12.1 Å². The smallest absolute Gasteiger partial charge is 0.335 e. The summed E-state index contributed by atoms with van der Waals surface area (Å²) in [6, 6.07) is 7.14. The fourth-order valence-electron chi connectivity index (χ4n) is 2.72. The Bertz CT molecular complexity index is 393. The van der Waals surface area contributed by atoms with Crippen LogP contribution >= 0.6 is 0 Å². The molecule has 0 aliphatic heterocycles. The molecule has 0 bridgehead atoms. The Hall–Kier alpha value is -1.51. The Morgan fingerprint density at radius 1 is 1.22 bits per heavy atom. The van der Waals surface area contributed by atoms with Gasteiger partial charge < -0.3 is 10.0 Å². The van der Waals surface area contributed by atoms with Crippen molar-refractivity contribution in [3.63, 3.8) is 0 Å². The van der Waals surface area contributed by atoms with Crippen molar-refractivity contribution in [2.45, 2.75) is 32.1 Å². The zero-order valence-corrected chi connectivity index (χ0v) is 10.9. The lowest BCUT2D eigenvalue weighted by Crippen LogP contribution is -2.26.